The van der Waals surface area contributed by atoms with Gasteiger partial charge in [0.1, 0.15) is 5.82 Å². The van der Waals surface area contributed by atoms with E-state index in [-0.39, 0.29) is 5.75 Å². The molecule has 26 heavy (non-hydrogen) atoms. The highest BCUT2D eigenvalue weighted by atomic mass is 32.2. The number of carbonyl (C=O) groups is 3. The minimum Gasteiger partial charge on any atom is -0.447 e. The molecule has 0 radical (unpaired) electrons. The van der Waals surface area contributed by atoms with E-state index in [1.54, 1.807) is 48.5 Å². The van der Waals surface area contributed by atoms with Gasteiger partial charge in [-0.2, -0.15) is 0 Å². The number of amides is 3. The average Bonchev–Trinajstić information content (AvgIpc) is 2.66. The van der Waals surface area contributed by atoms with Crippen LogP contribution in [-0.4, -0.2) is 30.7 Å². The summed E-state index contributed by atoms with van der Waals surface area (Å²) in [6.45, 7) is 0. The molecule has 0 heterocycles. The Balaban J connectivity index is 2.06. The first-order chi connectivity index (χ1) is 12.5. The molecule has 0 saturated carbocycles. The van der Waals surface area contributed by atoms with Gasteiger partial charge >= 0.3 is 12.0 Å². The first-order valence-corrected chi connectivity index (χ1v) is 8.64. The van der Waals surface area contributed by atoms with Crippen LogP contribution in [0, 0.1) is 5.82 Å². The van der Waals surface area contributed by atoms with Crippen molar-refractivity contribution in [2.24, 2.45) is 0 Å². The molecule has 0 aliphatic carbocycles. The van der Waals surface area contributed by atoms with Crippen molar-refractivity contribution in [3.8, 4) is 0 Å². The molecule has 2 N–H and O–H groups in total. The number of hydrogen-bond acceptors (Lipinski definition) is 5. The van der Waals surface area contributed by atoms with Crippen LogP contribution >= 0.6 is 11.8 Å². The van der Waals surface area contributed by atoms with Crippen molar-refractivity contribution in [1.82, 2.24) is 10.6 Å². The lowest BCUT2D eigenvalue weighted by Crippen LogP contribution is -2.41. The highest BCUT2D eigenvalue weighted by Gasteiger charge is 2.26. The number of thioether (sulfide) groups is 1. The summed E-state index contributed by atoms with van der Waals surface area (Å²) in [5.41, 5.74) is 0.415. The van der Waals surface area contributed by atoms with Crippen molar-refractivity contribution in [3.05, 3.63) is 66.0 Å². The molecule has 2 aromatic rings. The van der Waals surface area contributed by atoms with Gasteiger partial charge in [0.2, 0.25) is 6.10 Å². The van der Waals surface area contributed by atoms with Crippen molar-refractivity contribution in [1.29, 1.82) is 0 Å². The monoisotopic (exact) mass is 376 g/mol. The number of esters is 1. The number of nitrogens with one attached hydrogen (secondary N) is 2. The molecule has 0 aliphatic rings. The number of ether oxygens (including phenoxy) is 1. The normalized spacial score (nSPS) is 11.3. The molecular formula is C18H17FN2O4S. The maximum Gasteiger partial charge on any atom is 0.321 e. The maximum atomic E-state index is 13.6. The van der Waals surface area contributed by atoms with Crippen LogP contribution in [0.15, 0.2) is 59.5 Å². The van der Waals surface area contributed by atoms with Crippen molar-refractivity contribution < 1.29 is 23.5 Å². The third kappa shape index (κ3) is 5.59. The molecule has 1 atom stereocenters. The number of hydrogen-bond donors (Lipinski definition) is 2. The quantitative estimate of drug-likeness (QED) is 0.598. The van der Waals surface area contributed by atoms with Gasteiger partial charge in [-0.1, -0.05) is 42.5 Å². The first kappa shape index (κ1) is 19.5. The molecule has 0 bridgehead atoms. The van der Waals surface area contributed by atoms with E-state index in [9.17, 15) is 18.8 Å². The second-order valence-corrected chi connectivity index (χ2v) is 6.09. The summed E-state index contributed by atoms with van der Waals surface area (Å²) in [6, 6.07) is 13.6. The molecule has 2 rings (SSSR count). The van der Waals surface area contributed by atoms with Gasteiger partial charge in [0.25, 0.3) is 5.91 Å². The summed E-state index contributed by atoms with van der Waals surface area (Å²) >= 11 is 0.962. The van der Waals surface area contributed by atoms with Crippen LogP contribution in [0.2, 0.25) is 0 Å². The molecule has 0 aromatic heterocycles. The summed E-state index contributed by atoms with van der Waals surface area (Å²) < 4.78 is 18.8. The molecule has 8 heteroatoms. The predicted molar refractivity (Wildman–Crippen MR) is 95.0 cm³/mol. The van der Waals surface area contributed by atoms with Crippen molar-refractivity contribution in [2.75, 3.05) is 12.8 Å². The Morgan fingerprint density at radius 2 is 1.73 bits per heavy atom. The van der Waals surface area contributed by atoms with Gasteiger partial charge in [0, 0.05) is 17.5 Å². The molecule has 0 fully saturated rings. The minimum absolute atomic E-state index is 0.183. The van der Waals surface area contributed by atoms with E-state index >= 15 is 0 Å². The highest BCUT2D eigenvalue weighted by molar-refractivity contribution is 8.00. The molecule has 0 spiro atoms. The Kier molecular flexibility index (Phi) is 7.16. The smallest absolute Gasteiger partial charge is 0.321 e. The zero-order chi connectivity index (χ0) is 18.9. The SMILES string of the molecule is CNC(=O)NC(=O)[C@@H](OC(=O)CSc1ccccc1F)c1ccccc1. The highest BCUT2D eigenvalue weighted by Crippen LogP contribution is 2.23. The molecule has 136 valence electrons. The van der Waals surface area contributed by atoms with E-state index in [4.69, 9.17) is 4.74 Å². The lowest BCUT2D eigenvalue weighted by molar-refractivity contribution is -0.153. The summed E-state index contributed by atoms with van der Waals surface area (Å²) in [6.07, 6.45) is -1.29. The van der Waals surface area contributed by atoms with Gasteiger partial charge in [0.05, 0.1) is 5.75 Å². The number of imide groups is 1. The molecule has 0 aliphatic heterocycles. The zero-order valence-corrected chi connectivity index (χ0v) is 14.7. The lowest BCUT2D eigenvalue weighted by Gasteiger charge is -2.17. The van der Waals surface area contributed by atoms with E-state index in [0.29, 0.717) is 10.5 Å². The summed E-state index contributed by atoms with van der Waals surface area (Å²) in [7, 11) is 1.36. The standard InChI is InChI=1S/C18H17FN2O4S/c1-20-18(24)21-17(23)16(12-7-3-2-4-8-12)25-15(22)11-26-14-10-6-5-9-13(14)19/h2-10,16H,11H2,1H3,(H2,20,21,23,24)/t16-/m0/s1. The number of benzene rings is 2. The van der Waals surface area contributed by atoms with Crippen molar-refractivity contribution in [2.45, 2.75) is 11.0 Å². The van der Waals surface area contributed by atoms with Gasteiger partial charge in [-0.25, -0.2) is 9.18 Å². The van der Waals surface area contributed by atoms with Crippen LogP contribution in [0.1, 0.15) is 11.7 Å². The fourth-order valence-corrected chi connectivity index (χ4v) is 2.73. The van der Waals surface area contributed by atoms with E-state index in [0.717, 1.165) is 11.8 Å². The number of rotatable bonds is 6. The van der Waals surface area contributed by atoms with E-state index < -0.39 is 29.8 Å². The Morgan fingerprint density at radius 1 is 1.08 bits per heavy atom. The van der Waals surface area contributed by atoms with Gasteiger partial charge in [0.15, 0.2) is 0 Å². The Hall–Kier alpha value is -2.87. The van der Waals surface area contributed by atoms with Crippen LogP contribution in [-0.2, 0) is 14.3 Å². The van der Waals surface area contributed by atoms with Gasteiger partial charge in [-0.15, -0.1) is 11.8 Å². The molecule has 0 unspecified atom stereocenters. The number of urea groups is 1. The van der Waals surface area contributed by atoms with E-state index in [2.05, 4.69) is 10.6 Å². The second kappa shape index (κ2) is 9.57. The fourth-order valence-electron chi connectivity index (χ4n) is 2.00. The Bertz CT molecular complexity index is 786. The Labute approximate surface area is 154 Å². The first-order valence-electron chi connectivity index (χ1n) is 7.65. The van der Waals surface area contributed by atoms with Crippen LogP contribution in [0.3, 0.4) is 0 Å². The zero-order valence-electron chi connectivity index (χ0n) is 13.9. The molecule has 0 saturated heterocycles. The molecular weight excluding hydrogens is 359 g/mol. The topological polar surface area (TPSA) is 84.5 Å². The lowest BCUT2D eigenvalue weighted by atomic mass is 10.1. The fraction of sp³-hybridized carbons (Fsp3) is 0.167. The summed E-state index contributed by atoms with van der Waals surface area (Å²) in [4.78, 5) is 36.1. The minimum atomic E-state index is -1.29. The van der Waals surface area contributed by atoms with Gasteiger partial charge in [-0.3, -0.25) is 14.9 Å². The average molecular weight is 376 g/mol. The predicted octanol–water partition coefficient (Wildman–Crippen LogP) is 2.66. The van der Waals surface area contributed by atoms with Gasteiger partial charge in [-0.05, 0) is 12.1 Å². The molecule has 3 amide bonds. The number of halogens is 1. The summed E-state index contributed by atoms with van der Waals surface area (Å²) in [5, 5.41) is 4.33. The van der Waals surface area contributed by atoms with Crippen LogP contribution in [0.25, 0.3) is 0 Å². The van der Waals surface area contributed by atoms with Crippen molar-refractivity contribution in [3.63, 3.8) is 0 Å². The van der Waals surface area contributed by atoms with Crippen LogP contribution in [0.4, 0.5) is 9.18 Å². The van der Waals surface area contributed by atoms with E-state index in [1.807, 2.05) is 0 Å². The molecule has 6 nitrogen and oxygen atoms in total. The summed E-state index contributed by atoms with van der Waals surface area (Å²) in [5.74, 6) is -2.11. The maximum absolute atomic E-state index is 13.6. The van der Waals surface area contributed by atoms with Crippen molar-refractivity contribution >= 4 is 29.7 Å². The largest absolute Gasteiger partial charge is 0.447 e. The molecule has 2 aromatic carbocycles. The van der Waals surface area contributed by atoms with Crippen LogP contribution < -0.4 is 10.6 Å². The number of carbonyl (C=O) groups excluding carboxylic acids is 3. The second-order valence-electron chi connectivity index (χ2n) is 5.07. The van der Waals surface area contributed by atoms with E-state index in [1.165, 1.54) is 13.1 Å². The third-order valence-electron chi connectivity index (χ3n) is 3.24. The third-order valence-corrected chi connectivity index (χ3v) is 4.26. The Morgan fingerprint density at radius 3 is 2.38 bits per heavy atom. The van der Waals surface area contributed by atoms with Gasteiger partial charge < -0.3 is 10.1 Å². The van der Waals surface area contributed by atoms with Crippen LogP contribution in [0.5, 0.6) is 0 Å².